The number of methoxy groups -OCH3 is 1. The monoisotopic (exact) mass is 540 g/mol. The van der Waals surface area contributed by atoms with E-state index in [1.807, 2.05) is 66.9 Å². The highest BCUT2D eigenvalue weighted by atomic mass is 32.1. The minimum Gasteiger partial charge on any atom is -0.495 e. The molecule has 5 aromatic rings. The molecule has 0 unspecified atom stereocenters. The molecule has 8 nitrogen and oxygen atoms in total. The minimum atomic E-state index is -0.252. The van der Waals surface area contributed by atoms with Crippen LogP contribution in [0, 0.1) is 0 Å². The number of nitrogens with zero attached hydrogens (tertiary/aromatic N) is 4. The fourth-order valence-corrected chi connectivity index (χ4v) is 6.16. The van der Waals surface area contributed by atoms with E-state index in [4.69, 9.17) is 21.9 Å². The Morgan fingerprint density at radius 2 is 1.95 bits per heavy atom. The molecule has 0 aliphatic carbocycles. The number of carbonyl (C=O) groups excluding carboxylic acids is 1. The van der Waals surface area contributed by atoms with Crippen molar-refractivity contribution >= 4 is 56.2 Å². The first-order chi connectivity index (χ1) is 18.5. The summed E-state index contributed by atoms with van der Waals surface area (Å²) in [4.78, 5) is 23.5. The van der Waals surface area contributed by atoms with E-state index < -0.39 is 0 Å². The summed E-state index contributed by atoms with van der Waals surface area (Å²) >= 11 is 7.54. The van der Waals surface area contributed by atoms with E-state index >= 15 is 0 Å². The summed E-state index contributed by atoms with van der Waals surface area (Å²) in [5.74, 6) is 0.382. The smallest absolute Gasteiger partial charge is 0.221 e. The van der Waals surface area contributed by atoms with Crippen molar-refractivity contribution in [3.05, 3.63) is 96.6 Å². The number of benzene rings is 2. The van der Waals surface area contributed by atoms with Gasteiger partial charge in [0.15, 0.2) is 10.2 Å². The Hall–Kier alpha value is -4.28. The second-order valence-corrected chi connectivity index (χ2v) is 10.2. The molecule has 4 heterocycles. The first-order valence-electron chi connectivity index (χ1n) is 12.0. The van der Waals surface area contributed by atoms with Crippen LogP contribution in [0.1, 0.15) is 30.4 Å². The third-order valence-electron chi connectivity index (χ3n) is 6.44. The number of fused-ring (bicyclic) bond motifs is 1. The average molecular weight is 541 g/mol. The van der Waals surface area contributed by atoms with E-state index in [1.165, 1.54) is 6.92 Å². The molecule has 10 heteroatoms. The predicted molar refractivity (Wildman–Crippen MR) is 154 cm³/mol. The van der Waals surface area contributed by atoms with Crippen molar-refractivity contribution in [3.63, 3.8) is 0 Å². The van der Waals surface area contributed by atoms with Crippen LogP contribution < -0.4 is 20.3 Å². The summed E-state index contributed by atoms with van der Waals surface area (Å²) in [5.41, 5.74) is 4.22. The molecular weight excluding hydrogens is 516 g/mol. The van der Waals surface area contributed by atoms with Gasteiger partial charge in [0, 0.05) is 25.0 Å². The van der Waals surface area contributed by atoms with E-state index in [9.17, 15) is 4.79 Å². The number of carbonyl (C=O) groups is 1. The number of thiocarbonyl (C=S) groups is 1. The summed E-state index contributed by atoms with van der Waals surface area (Å²) < 4.78 is 8.72. The molecule has 0 spiro atoms. The molecule has 1 amide bonds. The van der Waals surface area contributed by atoms with Crippen LogP contribution in [0.5, 0.6) is 5.75 Å². The van der Waals surface area contributed by atoms with Crippen molar-refractivity contribution in [1.29, 1.82) is 0 Å². The number of anilines is 2. The molecule has 2 atom stereocenters. The molecule has 0 radical (unpaired) electrons. The standard InChI is InChI=1S/C28H24N6O2S2/c1-17(35)30-21-16-18(12-13-23(21)36-2)34-26(25(32-27(34)37)20-9-5-6-14-29-20)22-10-7-15-33(22)28-31-19-8-3-4-11-24(19)38-28/h3-16,25-26H,1-2H3,(H,30,35)(H,32,37)/t25-,26+/m0/s1. The molecule has 3 aromatic heterocycles. The molecule has 0 bridgehead atoms. The van der Waals surface area contributed by atoms with Crippen LogP contribution in [0.3, 0.4) is 0 Å². The Morgan fingerprint density at radius 1 is 1.11 bits per heavy atom. The molecule has 1 saturated heterocycles. The summed E-state index contributed by atoms with van der Waals surface area (Å²) in [6.45, 7) is 1.47. The van der Waals surface area contributed by atoms with Gasteiger partial charge in [-0.25, -0.2) is 4.98 Å². The third kappa shape index (κ3) is 4.27. The van der Waals surface area contributed by atoms with Crippen LogP contribution in [0.2, 0.25) is 0 Å². The number of nitrogens with one attached hydrogen (secondary N) is 2. The number of rotatable bonds is 6. The van der Waals surface area contributed by atoms with Crippen LogP contribution >= 0.6 is 23.6 Å². The van der Waals surface area contributed by atoms with Gasteiger partial charge in [-0.3, -0.25) is 14.3 Å². The lowest BCUT2D eigenvalue weighted by molar-refractivity contribution is -0.114. The van der Waals surface area contributed by atoms with Crippen molar-refractivity contribution in [2.24, 2.45) is 0 Å². The van der Waals surface area contributed by atoms with E-state index in [0.717, 1.165) is 32.4 Å². The highest BCUT2D eigenvalue weighted by Crippen LogP contribution is 2.44. The first kappa shape index (κ1) is 24.1. The van der Waals surface area contributed by atoms with Gasteiger partial charge in [-0.1, -0.05) is 29.5 Å². The summed E-state index contributed by atoms with van der Waals surface area (Å²) in [5, 5.41) is 7.79. The van der Waals surface area contributed by atoms with E-state index in [0.29, 0.717) is 16.5 Å². The topological polar surface area (TPSA) is 84.3 Å². The maximum atomic E-state index is 11.9. The minimum absolute atomic E-state index is 0.185. The van der Waals surface area contributed by atoms with Crippen molar-refractivity contribution in [2.75, 3.05) is 17.3 Å². The van der Waals surface area contributed by atoms with Crippen LogP contribution in [0.15, 0.2) is 85.2 Å². The van der Waals surface area contributed by atoms with E-state index in [2.05, 4.69) is 37.2 Å². The molecule has 1 fully saturated rings. The van der Waals surface area contributed by atoms with Gasteiger partial charge in [-0.2, -0.15) is 0 Å². The second kappa shape index (κ2) is 9.88. The van der Waals surface area contributed by atoms with Gasteiger partial charge in [0.1, 0.15) is 11.8 Å². The quantitative estimate of drug-likeness (QED) is 0.270. The summed E-state index contributed by atoms with van der Waals surface area (Å²) in [6.07, 6.45) is 3.81. The highest BCUT2D eigenvalue weighted by Gasteiger charge is 2.42. The molecule has 0 saturated carbocycles. The van der Waals surface area contributed by atoms with Gasteiger partial charge in [0.05, 0.1) is 40.4 Å². The van der Waals surface area contributed by atoms with E-state index in [-0.39, 0.29) is 18.0 Å². The number of para-hydroxylation sites is 1. The first-order valence-corrected chi connectivity index (χ1v) is 13.3. The largest absolute Gasteiger partial charge is 0.495 e. The van der Waals surface area contributed by atoms with Crippen LogP contribution in [0.25, 0.3) is 15.3 Å². The van der Waals surface area contributed by atoms with Gasteiger partial charge in [0.2, 0.25) is 5.91 Å². The number of amides is 1. The van der Waals surface area contributed by atoms with Crippen LogP contribution in [-0.4, -0.2) is 32.7 Å². The zero-order valence-corrected chi connectivity index (χ0v) is 22.3. The number of hydrogen-bond donors (Lipinski definition) is 2. The predicted octanol–water partition coefficient (Wildman–Crippen LogP) is 5.63. The number of thiazole rings is 1. The zero-order valence-electron chi connectivity index (χ0n) is 20.7. The fraction of sp³-hybridized carbons (Fsp3) is 0.143. The van der Waals surface area contributed by atoms with Crippen molar-refractivity contribution in [3.8, 4) is 10.9 Å². The molecule has 190 valence electrons. The van der Waals surface area contributed by atoms with Crippen molar-refractivity contribution in [2.45, 2.75) is 19.0 Å². The summed E-state index contributed by atoms with van der Waals surface area (Å²) in [7, 11) is 1.58. The Kier molecular flexibility index (Phi) is 6.26. The average Bonchev–Trinajstić information content (AvgIpc) is 3.65. The molecule has 6 rings (SSSR count). The summed E-state index contributed by atoms with van der Waals surface area (Å²) in [6, 6.07) is 23.3. The Bertz CT molecular complexity index is 1610. The van der Waals surface area contributed by atoms with Gasteiger partial charge in [0.25, 0.3) is 0 Å². The van der Waals surface area contributed by atoms with Crippen molar-refractivity contribution < 1.29 is 9.53 Å². The Labute approximate surface area is 228 Å². The second-order valence-electron chi connectivity index (χ2n) is 8.83. The number of aromatic nitrogens is 3. The maximum absolute atomic E-state index is 11.9. The van der Waals surface area contributed by atoms with Crippen molar-refractivity contribution in [1.82, 2.24) is 19.9 Å². The molecule has 38 heavy (non-hydrogen) atoms. The van der Waals surface area contributed by atoms with Crippen LogP contribution in [-0.2, 0) is 4.79 Å². The zero-order chi connectivity index (χ0) is 26.2. The lowest BCUT2D eigenvalue weighted by atomic mass is 10.0. The van der Waals surface area contributed by atoms with E-state index in [1.54, 1.807) is 24.6 Å². The Morgan fingerprint density at radius 3 is 2.71 bits per heavy atom. The molecule has 1 aliphatic heterocycles. The lowest BCUT2D eigenvalue weighted by Gasteiger charge is -2.29. The molecule has 1 aliphatic rings. The van der Waals surface area contributed by atoms with Gasteiger partial charge in [-0.05, 0) is 66.8 Å². The number of hydrogen-bond acceptors (Lipinski definition) is 6. The number of pyridine rings is 1. The fourth-order valence-electron chi connectivity index (χ4n) is 4.84. The SMILES string of the molecule is COc1ccc(N2C(=S)N[C@@H](c3ccccn3)[C@H]2c2cccn2-c2nc3ccccc3s2)cc1NC(C)=O. The third-order valence-corrected chi connectivity index (χ3v) is 7.79. The van der Waals surface area contributed by atoms with Crippen LogP contribution in [0.4, 0.5) is 11.4 Å². The Balaban J connectivity index is 1.50. The lowest BCUT2D eigenvalue weighted by Crippen LogP contribution is -2.30. The molecule has 2 N–H and O–H groups in total. The molecular formula is C28H24N6O2S2. The number of ether oxygens (including phenoxy) is 1. The normalized spacial score (nSPS) is 17.0. The van der Waals surface area contributed by atoms with Gasteiger partial charge >= 0.3 is 0 Å². The maximum Gasteiger partial charge on any atom is 0.221 e. The van der Waals surface area contributed by atoms with Gasteiger partial charge in [-0.15, -0.1) is 0 Å². The highest BCUT2D eigenvalue weighted by molar-refractivity contribution is 7.80. The molecule has 2 aromatic carbocycles. The van der Waals surface area contributed by atoms with Gasteiger partial charge < -0.3 is 20.3 Å².